The van der Waals surface area contributed by atoms with Crippen LogP contribution in [0.4, 0.5) is 4.39 Å². The molecule has 4 nitrogen and oxygen atoms in total. The van der Waals surface area contributed by atoms with Gasteiger partial charge in [-0.25, -0.2) is 4.39 Å². The number of carbonyl (C=O) groups is 2. The summed E-state index contributed by atoms with van der Waals surface area (Å²) in [5.41, 5.74) is 1.64. The highest BCUT2D eigenvalue weighted by Gasteiger charge is 2.45. The Hall–Kier alpha value is -2.69. The second-order valence-electron chi connectivity index (χ2n) is 9.55. The first-order valence-electron chi connectivity index (χ1n) is 11.8. The average Bonchev–Trinajstić information content (AvgIpc) is 2.96. The lowest BCUT2D eigenvalue weighted by Gasteiger charge is -2.43. The molecule has 2 heterocycles. The Morgan fingerprint density at radius 2 is 1.66 bits per heavy atom. The maximum Gasteiger partial charge on any atom is 0.229 e. The molecule has 0 radical (unpaired) electrons. The first-order chi connectivity index (χ1) is 15.5. The number of hydrogen-bond acceptors (Lipinski definition) is 2. The molecule has 0 aliphatic carbocycles. The van der Waals surface area contributed by atoms with E-state index in [2.05, 4.69) is 19.1 Å². The maximum absolute atomic E-state index is 13.7. The number of nitrogens with zero attached hydrogens (tertiary/aromatic N) is 2. The molecule has 4 rings (SSSR count). The minimum atomic E-state index is -0.364. The Bertz CT molecular complexity index is 922. The van der Waals surface area contributed by atoms with E-state index in [9.17, 15) is 14.0 Å². The lowest BCUT2D eigenvalue weighted by molar-refractivity contribution is -0.146. The van der Waals surface area contributed by atoms with E-state index in [1.807, 2.05) is 28.0 Å². The lowest BCUT2D eigenvalue weighted by Crippen LogP contribution is -2.49. The first kappa shape index (κ1) is 22.5. The van der Waals surface area contributed by atoms with Crippen LogP contribution in [-0.4, -0.2) is 41.2 Å². The number of piperidine rings is 1. The zero-order valence-corrected chi connectivity index (χ0v) is 18.9. The molecule has 0 spiro atoms. The summed E-state index contributed by atoms with van der Waals surface area (Å²) in [5, 5.41) is 0. The largest absolute Gasteiger partial charge is 0.342 e. The summed E-state index contributed by atoms with van der Waals surface area (Å²) in [6.45, 7) is 5.01. The van der Waals surface area contributed by atoms with Gasteiger partial charge in [-0.1, -0.05) is 55.8 Å². The second-order valence-corrected chi connectivity index (χ2v) is 9.55. The standard InChI is InChI=1S/C27H33FN2O2/c1-27(15-5-6-16-30(26(27)32)20-22-7-3-2-4-8-22)23-13-17-29(18-14-23)25(31)19-21-9-11-24(28)12-10-21/h2-4,7-12,23H,5-6,13-20H2,1H3. The smallest absolute Gasteiger partial charge is 0.229 e. The predicted molar refractivity (Wildman–Crippen MR) is 123 cm³/mol. The van der Waals surface area contributed by atoms with Crippen LogP contribution >= 0.6 is 0 Å². The summed E-state index contributed by atoms with van der Waals surface area (Å²) >= 11 is 0. The SMILES string of the molecule is CC1(C2CCN(C(=O)Cc3ccc(F)cc3)CC2)CCCCN(Cc2ccccc2)C1=O. The molecule has 2 aliphatic rings. The zero-order chi connectivity index (χ0) is 22.6. The number of likely N-dealkylation sites (tertiary alicyclic amines) is 2. The Morgan fingerprint density at radius 1 is 0.969 bits per heavy atom. The Morgan fingerprint density at radius 3 is 2.34 bits per heavy atom. The number of halogens is 1. The van der Waals surface area contributed by atoms with E-state index in [0.29, 0.717) is 32.0 Å². The van der Waals surface area contributed by atoms with Crippen LogP contribution < -0.4 is 0 Å². The highest BCUT2D eigenvalue weighted by atomic mass is 19.1. The van der Waals surface area contributed by atoms with E-state index in [-0.39, 0.29) is 23.0 Å². The summed E-state index contributed by atoms with van der Waals surface area (Å²) in [6.07, 6.45) is 5.05. The Balaban J connectivity index is 1.38. The van der Waals surface area contributed by atoms with Gasteiger partial charge in [0.1, 0.15) is 5.82 Å². The highest BCUT2D eigenvalue weighted by molar-refractivity contribution is 5.83. The van der Waals surface area contributed by atoms with E-state index >= 15 is 0 Å². The monoisotopic (exact) mass is 436 g/mol. The fourth-order valence-electron chi connectivity index (χ4n) is 5.35. The molecular weight excluding hydrogens is 403 g/mol. The second kappa shape index (κ2) is 9.85. The van der Waals surface area contributed by atoms with Gasteiger partial charge in [-0.2, -0.15) is 0 Å². The van der Waals surface area contributed by atoms with Gasteiger partial charge in [-0.15, -0.1) is 0 Å². The molecule has 5 heteroatoms. The van der Waals surface area contributed by atoms with Gasteiger partial charge < -0.3 is 9.80 Å². The lowest BCUT2D eigenvalue weighted by atomic mass is 9.69. The van der Waals surface area contributed by atoms with Crippen LogP contribution in [0.5, 0.6) is 0 Å². The molecule has 2 saturated heterocycles. The number of carbonyl (C=O) groups excluding carboxylic acids is 2. The van der Waals surface area contributed by atoms with Crippen LogP contribution in [-0.2, 0) is 22.6 Å². The maximum atomic E-state index is 13.7. The van der Waals surface area contributed by atoms with Gasteiger partial charge in [-0.3, -0.25) is 9.59 Å². The van der Waals surface area contributed by atoms with Crippen molar-refractivity contribution in [1.82, 2.24) is 9.80 Å². The van der Waals surface area contributed by atoms with Crippen LogP contribution in [0, 0.1) is 17.2 Å². The van der Waals surface area contributed by atoms with E-state index in [1.54, 1.807) is 12.1 Å². The summed E-state index contributed by atoms with van der Waals surface area (Å²) in [7, 11) is 0. The van der Waals surface area contributed by atoms with Crippen molar-refractivity contribution < 1.29 is 14.0 Å². The van der Waals surface area contributed by atoms with E-state index in [4.69, 9.17) is 0 Å². The molecule has 1 atom stereocenters. The molecule has 170 valence electrons. The molecule has 2 fully saturated rings. The van der Waals surface area contributed by atoms with Gasteiger partial charge in [0.2, 0.25) is 11.8 Å². The van der Waals surface area contributed by atoms with Crippen molar-refractivity contribution in [2.24, 2.45) is 11.3 Å². The minimum Gasteiger partial charge on any atom is -0.342 e. The Labute approximate surface area is 190 Å². The van der Waals surface area contributed by atoms with Crippen LogP contribution in [0.25, 0.3) is 0 Å². The molecule has 0 saturated carbocycles. The normalized spacial score (nSPS) is 22.6. The van der Waals surface area contributed by atoms with Gasteiger partial charge in [-0.05, 0) is 54.9 Å². The van der Waals surface area contributed by atoms with Crippen molar-refractivity contribution in [3.63, 3.8) is 0 Å². The molecule has 2 aliphatic heterocycles. The predicted octanol–water partition coefficient (Wildman–Crippen LogP) is 4.83. The highest BCUT2D eigenvalue weighted by Crippen LogP contribution is 2.43. The molecule has 1 unspecified atom stereocenters. The van der Waals surface area contributed by atoms with Crippen molar-refractivity contribution in [2.75, 3.05) is 19.6 Å². The number of amides is 2. The molecule has 0 aromatic heterocycles. The zero-order valence-electron chi connectivity index (χ0n) is 18.9. The topological polar surface area (TPSA) is 40.6 Å². The average molecular weight is 437 g/mol. The first-order valence-corrected chi connectivity index (χ1v) is 11.8. The van der Waals surface area contributed by atoms with Gasteiger partial charge in [0.15, 0.2) is 0 Å². The van der Waals surface area contributed by atoms with Crippen molar-refractivity contribution >= 4 is 11.8 Å². The number of hydrogen-bond donors (Lipinski definition) is 0. The van der Waals surface area contributed by atoms with Crippen LogP contribution in [0.2, 0.25) is 0 Å². The van der Waals surface area contributed by atoms with Crippen molar-refractivity contribution in [3.05, 3.63) is 71.5 Å². The van der Waals surface area contributed by atoms with Crippen molar-refractivity contribution in [1.29, 1.82) is 0 Å². The van der Waals surface area contributed by atoms with Gasteiger partial charge in [0.05, 0.1) is 6.42 Å². The molecule has 0 N–H and O–H groups in total. The summed E-state index contributed by atoms with van der Waals surface area (Å²) in [4.78, 5) is 30.4. The third kappa shape index (κ3) is 5.03. The number of rotatable bonds is 5. The van der Waals surface area contributed by atoms with Crippen molar-refractivity contribution in [2.45, 2.75) is 52.0 Å². The molecule has 32 heavy (non-hydrogen) atoms. The molecule has 0 bridgehead atoms. The summed E-state index contributed by atoms with van der Waals surface area (Å²) < 4.78 is 13.1. The molecule has 2 aromatic carbocycles. The summed E-state index contributed by atoms with van der Waals surface area (Å²) in [6, 6.07) is 16.4. The van der Waals surface area contributed by atoms with E-state index in [0.717, 1.165) is 44.2 Å². The quantitative estimate of drug-likeness (QED) is 0.674. The van der Waals surface area contributed by atoms with Crippen molar-refractivity contribution in [3.8, 4) is 0 Å². The Kier molecular flexibility index (Phi) is 6.92. The number of benzene rings is 2. The molecule has 2 amide bonds. The van der Waals surface area contributed by atoms with Crippen LogP contribution in [0.15, 0.2) is 54.6 Å². The van der Waals surface area contributed by atoms with Gasteiger partial charge in [0, 0.05) is 31.6 Å². The van der Waals surface area contributed by atoms with Crippen LogP contribution in [0.3, 0.4) is 0 Å². The molecular formula is C27H33FN2O2. The van der Waals surface area contributed by atoms with E-state index in [1.165, 1.54) is 17.7 Å². The third-order valence-electron chi connectivity index (χ3n) is 7.38. The van der Waals surface area contributed by atoms with Crippen LogP contribution in [0.1, 0.15) is 50.2 Å². The fraction of sp³-hybridized carbons (Fsp3) is 0.481. The van der Waals surface area contributed by atoms with E-state index < -0.39 is 0 Å². The molecule has 2 aromatic rings. The fourth-order valence-corrected chi connectivity index (χ4v) is 5.35. The summed E-state index contributed by atoms with van der Waals surface area (Å²) in [5.74, 6) is 0.360. The van der Waals surface area contributed by atoms with Gasteiger partial charge in [0.25, 0.3) is 0 Å². The minimum absolute atomic E-state index is 0.0816. The third-order valence-corrected chi connectivity index (χ3v) is 7.38. The van der Waals surface area contributed by atoms with Gasteiger partial charge >= 0.3 is 0 Å².